The van der Waals surface area contributed by atoms with Gasteiger partial charge >= 0.3 is 5.97 Å². The molecule has 0 aromatic heterocycles. The first-order valence-electron chi connectivity index (χ1n) is 6.30. The minimum Gasteiger partial charge on any atom is -0.468 e. The fraction of sp³-hybridized carbons (Fsp3) is 0.429. The molecule has 1 N–H and O–H groups in total. The lowest BCUT2D eigenvalue weighted by molar-refractivity contribution is -0.154. The van der Waals surface area contributed by atoms with Gasteiger partial charge in [0, 0.05) is 12.0 Å². The van der Waals surface area contributed by atoms with Gasteiger partial charge < -0.3 is 10.1 Å². The van der Waals surface area contributed by atoms with Gasteiger partial charge in [0.15, 0.2) is 5.41 Å². The number of nitrogens with one attached hydrogen (secondary N) is 1. The highest BCUT2D eigenvalue weighted by Crippen LogP contribution is 2.68. The highest BCUT2D eigenvalue weighted by molar-refractivity contribution is 6.42. The van der Waals surface area contributed by atoms with E-state index in [9.17, 15) is 9.59 Å². The molecule has 2 aliphatic rings. The second-order valence-electron chi connectivity index (χ2n) is 5.29. The average molecular weight is 314 g/mol. The van der Waals surface area contributed by atoms with Gasteiger partial charge in [0.25, 0.3) is 0 Å². The van der Waals surface area contributed by atoms with Crippen molar-refractivity contribution >= 4 is 35.1 Å². The molecular formula is C14H13Cl2NO3. The second kappa shape index (κ2) is 4.37. The molecule has 6 heteroatoms. The van der Waals surface area contributed by atoms with Gasteiger partial charge in [-0.05, 0) is 30.5 Å². The summed E-state index contributed by atoms with van der Waals surface area (Å²) in [4.78, 5) is 24.3. The zero-order chi connectivity index (χ0) is 14.5. The Morgan fingerprint density at radius 2 is 2.10 bits per heavy atom. The maximum Gasteiger partial charge on any atom is 0.322 e. The number of carbonyl (C=O) groups is 2. The Morgan fingerprint density at radius 1 is 1.35 bits per heavy atom. The van der Waals surface area contributed by atoms with Crippen LogP contribution in [0.2, 0.25) is 10.0 Å². The van der Waals surface area contributed by atoms with Crippen molar-refractivity contribution in [3.8, 4) is 0 Å². The predicted molar refractivity (Wildman–Crippen MR) is 74.8 cm³/mol. The first-order valence-corrected chi connectivity index (χ1v) is 7.06. The van der Waals surface area contributed by atoms with Gasteiger partial charge in [-0.15, -0.1) is 0 Å². The third-order valence-electron chi connectivity index (χ3n) is 4.49. The number of methoxy groups -OCH3 is 1. The van der Waals surface area contributed by atoms with Gasteiger partial charge in [-0.3, -0.25) is 9.59 Å². The molecule has 1 unspecified atom stereocenters. The molecule has 1 amide bonds. The Kier molecular flexibility index (Phi) is 2.99. The van der Waals surface area contributed by atoms with Crippen molar-refractivity contribution in [2.24, 2.45) is 5.41 Å². The van der Waals surface area contributed by atoms with Crippen LogP contribution in [0.15, 0.2) is 18.2 Å². The number of amides is 1. The quantitative estimate of drug-likeness (QED) is 0.673. The lowest BCUT2D eigenvalue weighted by Gasteiger charge is -2.29. The monoisotopic (exact) mass is 313 g/mol. The summed E-state index contributed by atoms with van der Waals surface area (Å²) in [6, 6.07) is 5.27. The number of benzene rings is 1. The van der Waals surface area contributed by atoms with Crippen LogP contribution in [0.25, 0.3) is 0 Å². The van der Waals surface area contributed by atoms with E-state index in [0.29, 0.717) is 29.4 Å². The van der Waals surface area contributed by atoms with Crippen LogP contribution < -0.4 is 5.32 Å². The van der Waals surface area contributed by atoms with Crippen LogP contribution >= 0.6 is 23.2 Å². The van der Waals surface area contributed by atoms with Gasteiger partial charge in [-0.1, -0.05) is 29.3 Å². The van der Waals surface area contributed by atoms with Gasteiger partial charge in [0.1, 0.15) is 0 Å². The van der Waals surface area contributed by atoms with E-state index in [1.54, 1.807) is 12.1 Å². The van der Waals surface area contributed by atoms with Crippen molar-refractivity contribution in [3.05, 3.63) is 33.8 Å². The molecule has 0 spiro atoms. The molecule has 106 valence electrons. The van der Waals surface area contributed by atoms with Crippen LogP contribution in [0, 0.1) is 5.41 Å². The van der Waals surface area contributed by atoms with Crippen LogP contribution in [0.4, 0.5) is 0 Å². The Bertz CT molecular complexity index is 608. The average Bonchev–Trinajstić information content (AvgIpc) is 3.14. The predicted octanol–water partition coefficient (Wildman–Crippen LogP) is 2.31. The first-order chi connectivity index (χ1) is 9.48. The van der Waals surface area contributed by atoms with Crippen molar-refractivity contribution in [1.82, 2.24) is 5.32 Å². The molecule has 3 rings (SSSR count). The SMILES string of the molecule is COC(=O)[C@]12CC1(c1ccc(Cl)c(Cl)c1)CCNC2=O. The maximum absolute atomic E-state index is 12.2. The van der Waals surface area contributed by atoms with E-state index < -0.39 is 16.8 Å². The van der Waals surface area contributed by atoms with Gasteiger partial charge in [0.2, 0.25) is 5.91 Å². The topological polar surface area (TPSA) is 55.4 Å². The molecule has 1 saturated heterocycles. The van der Waals surface area contributed by atoms with Crippen molar-refractivity contribution in [3.63, 3.8) is 0 Å². The smallest absolute Gasteiger partial charge is 0.322 e. The normalized spacial score (nSPS) is 31.2. The van der Waals surface area contributed by atoms with Crippen LogP contribution in [-0.4, -0.2) is 25.5 Å². The molecule has 0 radical (unpaired) electrons. The lowest BCUT2D eigenvalue weighted by atomic mass is 9.80. The summed E-state index contributed by atoms with van der Waals surface area (Å²) in [6.07, 6.45) is 1.14. The summed E-state index contributed by atoms with van der Waals surface area (Å²) >= 11 is 12.0. The summed E-state index contributed by atoms with van der Waals surface area (Å²) in [5.41, 5.74) is -0.763. The molecule has 1 aliphatic heterocycles. The van der Waals surface area contributed by atoms with E-state index in [1.807, 2.05) is 6.07 Å². The molecule has 1 aromatic rings. The molecule has 0 bridgehead atoms. The lowest BCUT2D eigenvalue weighted by Crippen LogP contribution is -2.48. The number of rotatable bonds is 2. The van der Waals surface area contributed by atoms with E-state index in [1.165, 1.54) is 7.11 Å². The summed E-state index contributed by atoms with van der Waals surface area (Å²) in [7, 11) is 1.30. The molecule has 4 nitrogen and oxygen atoms in total. The highest BCUT2D eigenvalue weighted by Gasteiger charge is 2.78. The number of carbonyl (C=O) groups excluding carboxylic acids is 2. The van der Waals surface area contributed by atoms with Crippen molar-refractivity contribution < 1.29 is 14.3 Å². The van der Waals surface area contributed by atoms with Crippen LogP contribution in [0.3, 0.4) is 0 Å². The van der Waals surface area contributed by atoms with Crippen LogP contribution in [-0.2, 0) is 19.7 Å². The Hall–Kier alpha value is -1.26. The summed E-state index contributed by atoms with van der Waals surface area (Å²) in [6.45, 7) is 0.540. The van der Waals surface area contributed by atoms with Crippen LogP contribution in [0.5, 0.6) is 0 Å². The maximum atomic E-state index is 12.2. The minimum atomic E-state index is -1.11. The first kappa shape index (κ1) is 13.7. The summed E-state index contributed by atoms with van der Waals surface area (Å²) in [5, 5.41) is 3.63. The zero-order valence-corrected chi connectivity index (χ0v) is 12.3. The fourth-order valence-corrected chi connectivity index (χ4v) is 3.67. The Morgan fingerprint density at radius 3 is 2.75 bits per heavy atom. The van der Waals surface area contributed by atoms with Crippen molar-refractivity contribution in [2.45, 2.75) is 18.3 Å². The van der Waals surface area contributed by atoms with E-state index in [-0.39, 0.29) is 5.91 Å². The third-order valence-corrected chi connectivity index (χ3v) is 5.23. The fourth-order valence-electron chi connectivity index (χ4n) is 3.37. The second-order valence-corrected chi connectivity index (χ2v) is 6.10. The molecule has 20 heavy (non-hydrogen) atoms. The number of piperidine rings is 1. The molecule has 2 fully saturated rings. The van der Waals surface area contributed by atoms with Crippen LogP contribution in [0.1, 0.15) is 18.4 Å². The van der Waals surface area contributed by atoms with E-state index in [4.69, 9.17) is 27.9 Å². The van der Waals surface area contributed by atoms with E-state index in [0.717, 1.165) is 5.56 Å². The van der Waals surface area contributed by atoms with Crippen molar-refractivity contribution in [1.29, 1.82) is 0 Å². The molecule has 1 saturated carbocycles. The number of hydrogen-bond acceptors (Lipinski definition) is 3. The molecule has 1 aromatic carbocycles. The largest absolute Gasteiger partial charge is 0.468 e. The van der Waals surface area contributed by atoms with E-state index >= 15 is 0 Å². The number of esters is 1. The summed E-state index contributed by atoms with van der Waals surface area (Å²) in [5.74, 6) is -0.748. The number of hydrogen-bond donors (Lipinski definition) is 1. The van der Waals surface area contributed by atoms with Gasteiger partial charge in [-0.2, -0.15) is 0 Å². The van der Waals surface area contributed by atoms with E-state index in [2.05, 4.69) is 5.32 Å². The third kappa shape index (κ3) is 1.55. The molecule has 1 heterocycles. The highest BCUT2D eigenvalue weighted by atomic mass is 35.5. The number of fused-ring (bicyclic) bond motifs is 1. The molecule has 1 aliphatic carbocycles. The standard InChI is InChI=1S/C14H13Cl2NO3/c1-20-12(19)14-7-13(14,4-5-17-11(14)18)8-2-3-9(15)10(16)6-8/h2-3,6H,4-5,7H2,1H3,(H,17,18)/t13?,14-/m1/s1. The van der Waals surface area contributed by atoms with Crippen molar-refractivity contribution in [2.75, 3.05) is 13.7 Å². The Labute approximate surface area is 126 Å². The number of halogens is 2. The molecular weight excluding hydrogens is 301 g/mol. The minimum absolute atomic E-state index is 0.262. The van der Waals surface area contributed by atoms with Gasteiger partial charge in [-0.25, -0.2) is 0 Å². The summed E-state index contributed by atoms with van der Waals surface area (Å²) < 4.78 is 4.85. The molecule has 2 atom stereocenters. The number of ether oxygens (including phenoxy) is 1. The Balaban J connectivity index is 2.09. The zero-order valence-electron chi connectivity index (χ0n) is 10.8. The van der Waals surface area contributed by atoms with Gasteiger partial charge in [0.05, 0.1) is 17.2 Å².